The smallest absolute Gasteiger partial charge is 0.258 e. The van der Waals surface area contributed by atoms with Crippen LogP contribution < -0.4 is 5.32 Å². The molecule has 1 aromatic carbocycles. The fourth-order valence-electron chi connectivity index (χ4n) is 1.64. The highest BCUT2D eigenvalue weighted by molar-refractivity contribution is 6.04. The third-order valence-corrected chi connectivity index (χ3v) is 2.62. The first-order chi connectivity index (χ1) is 8.56. The molecule has 2 N–H and O–H groups in total. The molecule has 4 heteroatoms. The van der Waals surface area contributed by atoms with Gasteiger partial charge >= 0.3 is 0 Å². The second-order valence-electron chi connectivity index (χ2n) is 4.20. The van der Waals surface area contributed by atoms with Crippen LogP contribution in [0.5, 0.6) is 0 Å². The lowest BCUT2D eigenvalue weighted by Crippen LogP contribution is -2.11. The molecular weight excluding hydrogens is 230 g/mol. The first-order valence-corrected chi connectivity index (χ1v) is 5.71. The number of amides is 1. The van der Waals surface area contributed by atoms with Gasteiger partial charge in [-0.05, 0) is 37.6 Å². The quantitative estimate of drug-likeness (QED) is 0.874. The summed E-state index contributed by atoms with van der Waals surface area (Å²) in [5, 5.41) is 12.2. The summed E-state index contributed by atoms with van der Waals surface area (Å²) in [5.74, 6) is 0.465. The Morgan fingerprint density at radius 1 is 1.39 bits per heavy atom. The van der Waals surface area contributed by atoms with Crippen molar-refractivity contribution in [1.29, 1.82) is 0 Å². The Balaban J connectivity index is 2.14. The summed E-state index contributed by atoms with van der Waals surface area (Å²) < 4.78 is 5.08. The van der Waals surface area contributed by atoms with Crippen LogP contribution in [0.25, 0.3) is 0 Å². The Morgan fingerprint density at radius 3 is 2.78 bits per heavy atom. The summed E-state index contributed by atoms with van der Waals surface area (Å²) in [6.45, 7) is 3.46. The Kier molecular flexibility index (Phi) is 3.48. The third-order valence-electron chi connectivity index (χ3n) is 2.62. The van der Waals surface area contributed by atoms with Crippen LogP contribution in [0.1, 0.15) is 34.7 Å². The molecule has 0 bridgehead atoms. The van der Waals surface area contributed by atoms with Gasteiger partial charge in [-0.1, -0.05) is 12.1 Å². The van der Waals surface area contributed by atoms with E-state index >= 15 is 0 Å². The lowest BCUT2D eigenvalue weighted by molar-refractivity contribution is 0.102. The summed E-state index contributed by atoms with van der Waals surface area (Å²) in [6, 6.07) is 8.79. The number of carbonyl (C=O) groups excluding carboxylic acids is 1. The minimum atomic E-state index is -0.557. The van der Waals surface area contributed by atoms with E-state index in [2.05, 4.69) is 5.32 Å². The van der Waals surface area contributed by atoms with E-state index in [1.54, 1.807) is 38.1 Å². The lowest BCUT2D eigenvalue weighted by Gasteiger charge is -2.08. The zero-order valence-corrected chi connectivity index (χ0v) is 10.3. The summed E-state index contributed by atoms with van der Waals surface area (Å²) in [6.07, 6.45) is 0.862. The normalized spacial score (nSPS) is 12.2. The van der Waals surface area contributed by atoms with Crippen molar-refractivity contribution < 1.29 is 14.3 Å². The minimum absolute atomic E-state index is 0.227. The van der Waals surface area contributed by atoms with Gasteiger partial charge in [-0.2, -0.15) is 0 Å². The lowest BCUT2D eigenvalue weighted by atomic mass is 10.1. The molecule has 0 aliphatic heterocycles. The molecule has 0 saturated carbocycles. The Morgan fingerprint density at radius 2 is 2.17 bits per heavy atom. The molecule has 2 rings (SSSR count). The monoisotopic (exact) mass is 245 g/mol. The molecule has 0 fully saturated rings. The number of rotatable bonds is 3. The van der Waals surface area contributed by atoms with Crippen molar-refractivity contribution in [2.45, 2.75) is 20.0 Å². The van der Waals surface area contributed by atoms with Crippen LogP contribution in [-0.4, -0.2) is 11.0 Å². The number of furan rings is 1. The molecular formula is C14H15NO3. The summed E-state index contributed by atoms with van der Waals surface area (Å²) in [4.78, 5) is 11.9. The Hall–Kier alpha value is -2.07. The van der Waals surface area contributed by atoms with Crippen molar-refractivity contribution in [3.8, 4) is 0 Å². The highest BCUT2D eigenvalue weighted by Gasteiger charge is 2.09. The average Bonchev–Trinajstić information content (AvgIpc) is 2.76. The molecule has 0 saturated heterocycles. The predicted octanol–water partition coefficient (Wildman–Crippen LogP) is 2.89. The molecule has 0 aliphatic carbocycles. The topological polar surface area (TPSA) is 62.5 Å². The van der Waals surface area contributed by atoms with E-state index in [4.69, 9.17) is 4.42 Å². The van der Waals surface area contributed by atoms with E-state index in [1.165, 1.54) is 6.26 Å². The van der Waals surface area contributed by atoms with E-state index < -0.39 is 6.10 Å². The molecule has 1 atom stereocenters. The largest absolute Gasteiger partial charge is 0.469 e. The predicted molar refractivity (Wildman–Crippen MR) is 68.5 cm³/mol. The number of nitrogens with one attached hydrogen (secondary N) is 1. The molecule has 1 unspecified atom stereocenters. The van der Waals surface area contributed by atoms with Crippen LogP contribution in [0.2, 0.25) is 0 Å². The van der Waals surface area contributed by atoms with Crippen LogP contribution in [0.4, 0.5) is 5.69 Å². The first kappa shape index (κ1) is 12.4. The number of carbonyl (C=O) groups is 1. The van der Waals surface area contributed by atoms with E-state index in [0.29, 0.717) is 17.0 Å². The summed E-state index contributed by atoms with van der Waals surface area (Å²) in [5.41, 5.74) is 1.89. The average molecular weight is 245 g/mol. The SMILES string of the molecule is Cc1cc(C(=O)Nc2cccc(C(C)O)c2)co1. The van der Waals surface area contributed by atoms with Gasteiger partial charge in [0.25, 0.3) is 5.91 Å². The van der Waals surface area contributed by atoms with Gasteiger partial charge < -0.3 is 14.8 Å². The molecule has 18 heavy (non-hydrogen) atoms. The van der Waals surface area contributed by atoms with Crippen LogP contribution in [0.3, 0.4) is 0 Å². The second kappa shape index (κ2) is 5.06. The number of aliphatic hydroxyl groups is 1. The van der Waals surface area contributed by atoms with Gasteiger partial charge in [0.15, 0.2) is 0 Å². The van der Waals surface area contributed by atoms with Crippen molar-refractivity contribution >= 4 is 11.6 Å². The van der Waals surface area contributed by atoms with Crippen molar-refractivity contribution in [3.63, 3.8) is 0 Å². The molecule has 1 aromatic heterocycles. The van der Waals surface area contributed by atoms with Crippen LogP contribution in [0.15, 0.2) is 41.0 Å². The number of hydrogen-bond acceptors (Lipinski definition) is 3. The summed E-state index contributed by atoms with van der Waals surface area (Å²) in [7, 11) is 0. The second-order valence-corrected chi connectivity index (χ2v) is 4.20. The zero-order chi connectivity index (χ0) is 13.1. The van der Waals surface area contributed by atoms with Crippen molar-refractivity contribution in [2.75, 3.05) is 5.32 Å². The van der Waals surface area contributed by atoms with Gasteiger partial charge in [-0.3, -0.25) is 4.79 Å². The van der Waals surface area contributed by atoms with E-state index in [9.17, 15) is 9.90 Å². The number of hydrogen-bond donors (Lipinski definition) is 2. The standard InChI is InChI=1S/C14H15NO3/c1-9-6-12(8-18-9)14(17)15-13-5-3-4-11(7-13)10(2)16/h3-8,10,16H,1-2H3,(H,15,17). The van der Waals surface area contributed by atoms with Gasteiger partial charge in [0.2, 0.25) is 0 Å². The summed E-state index contributed by atoms with van der Waals surface area (Å²) >= 11 is 0. The van der Waals surface area contributed by atoms with Crippen LogP contribution >= 0.6 is 0 Å². The number of benzene rings is 1. The fraction of sp³-hybridized carbons (Fsp3) is 0.214. The number of aliphatic hydroxyl groups excluding tert-OH is 1. The van der Waals surface area contributed by atoms with Gasteiger partial charge in [0.05, 0.1) is 11.7 Å². The maximum absolute atomic E-state index is 11.9. The van der Waals surface area contributed by atoms with Gasteiger partial charge in [-0.15, -0.1) is 0 Å². The highest BCUT2D eigenvalue weighted by Crippen LogP contribution is 2.18. The molecule has 0 radical (unpaired) electrons. The molecule has 0 aliphatic rings. The molecule has 94 valence electrons. The van der Waals surface area contributed by atoms with Gasteiger partial charge in [-0.25, -0.2) is 0 Å². The highest BCUT2D eigenvalue weighted by atomic mass is 16.3. The van der Waals surface area contributed by atoms with Gasteiger partial charge in [0, 0.05) is 5.69 Å². The first-order valence-electron chi connectivity index (χ1n) is 5.71. The zero-order valence-electron chi connectivity index (χ0n) is 10.3. The van der Waals surface area contributed by atoms with E-state index in [1.807, 2.05) is 6.07 Å². The number of anilines is 1. The van der Waals surface area contributed by atoms with Gasteiger partial charge in [0.1, 0.15) is 12.0 Å². The molecule has 4 nitrogen and oxygen atoms in total. The fourth-order valence-corrected chi connectivity index (χ4v) is 1.64. The van der Waals surface area contributed by atoms with E-state index in [0.717, 1.165) is 5.56 Å². The third kappa shape index (κ3) is 2.78. The molecule has 1 amide bonds. The minimum Gasteiger partial charge on any atom is -0.469 e. The molecule has 2 aromatic rings. The van der Waals surface area contributed by atoms with E-state index in [-0.39, 0.29) is 5.91 Å². The maximum atomic E-state index is 11.9. The Bertz CT molecular complexity index is 558. The van der Waals surface area contributed by atoms with Crippen molar-refractivity contribution in [3.05, 3.63) is 53.5 Å². The Labute approximate surface area is 105 Å². The van der Waals surface area contributed by atoms with Crippen molar-refractivity contribution in [2.24, 2.45) is 0 Å². The van der Waals surface area contributed by atoms with Crippen molar-refractivity contribution in [1.82, 2.24) is 0 Å². The van der Waals surface area contributed by atoms with Crippen LogP contribution in [0, 0.1) is 6.92 Å². The maximum Gasteiger partial charge on any atom is 0.258 e. The molecule has 0 spiro atoms. The van der Waals surface area contributed by atoms with Crippen LogP contribution in [-0.2, 0) is 0 Å². The molecule has 1 heterocycles. The number of aryl methyl sites for hydroxylation is 1.